The van der Waals surface area contributed by atoms with E-state index in [4.69, 9.17) is 4.74 Å². The second kappa shape index (κ2) is 9.21. The molecule has 0 spiro atoms. The molecule has 0 unspecified atom stereocenters. The van der Waals surface area contributed by atoms with Crippen LogP contribution in [0.25, 0.3) is 0 Å². The summed E-state index contributed by atoms with van der Waals surface area (Å²) in [5.74, 6) is 0.453. The average Bonchev–Trinajstić information content (AvgIpc) is 2.73. The van der Waals surface area contributed by atoms with Gasteiger partial charge in [-0.15, -0.1) is 0 Å². The van der Waals surface area contributed by atoms with Crippen LogP contribution in [-0.2, 0) is 21.4 Å². The maximum atomic E-state index is 12.7. The molecule has 2 aromatic carbocycles. The third kappa shape index (κ3) is 5.11. The van der Waals surface area contributed by atoms with E-state index in [1.807, 2.05) is 35.2 Å². The molecule has 0 saturated carbocycles. The van der Waals surface area contributed by atoms with Crippen LogP contribution in [0, 0.1) is 0 Å². The number of nitrogens with zero attached hydrogens (tertiary/aromatic N) is 2. The summed E-state index contributed by atoms with van der Waals surface area (Å²) >= 11 is 0. The summed E-state index contributed by atoms with van der Waals surface area (Å²) in [6.45, 7) is 1.84. The van der Waals surface area contributed by atoms with Crippen molar-refractivity contribution >= 4 is 15.9 Å². The van der Waals surface area contributed by atoms with Gasteiger partial charge in [0.25, 0.3) is 5.91 Å². The first-order valence-corrected chi connectivity index (χ1v) is 10.9. The minimum Gasteiger partial charge on any atom is -0.484 e. The molecule has 1 amide bonds. The highest BCUT2D eigenvalue weighted by Gasteiger charge is 2.21. The van der Waals surface area contributed by atoms with Crippen LogP contribution in [0.2, 0.25) is 0 Å². The average molecular weight is 403 g/mol. The zero-order valence-corrected chi connectivity index (χ0v) is 16.9. The highest BCUT2D eigenvalue weighted by molar-refractivity contribution is 7.89. The van der Waals surface area contributed by atoms with E-state index in [-0.39, 0.29) is 17.4 Å². The molecule has 0 aliphatic carbocycles. The minimum absolute atomic E-state index is 0.0278. The van der Waals surface area contributed by atoms with E-state index < -0.39 is 10.0 Å². The largest absolute Gasteiger partial charge is 0.484 e. The third-order valence-corrected chi connectivity index (χ3v) is 6.67. The van der Waals surface area contributed by atoms with Gasteiger partial charge in [-0.3, -0.25) is 4.79 Å². The van der Waals surface area contributed by atoms with Gasteiger partial charge in [0.1, 0.15) is 5.75 Å². The first-order valence-electron chi connectivity index (χ1n) is 9.48. The van der Waals surface area contributed by atoms with Gasteiger partial charge in [-0.2, -0.15) is 4.31 Å². The summed E-state index contributed by atoms with van der Waals surface area (Å²) in [5, 5.41) is 0. The van der Waals surface area contributed by atoms with Gasteiger partial charge in [0, 0.05) is 26.7 Å². The van der Waals surface area contributed by atoms with Crippen molar-refractivity contribution in [2.75, 3.05) is 26.7 Å². The maximum absolute atomic E-state index is 12.7. The van der Waals surface area contributed by atoms with Crippen LogP contribution < -0.4 is 4.74 Å². The van der Waals surface area contributed by atoms with Crippen LogP contribution in [0.3, 0.4) is 0 Å². The molecule has 1 saturated heterocycles. The zero-order chi connectivity index (χ0) is 20.0. The van der Waals surface area contributed by atoms with Crippen molar-refractivity contribution in [3.63, 3.8) is 0 Å². The second-order valence-corrected chi connectivity index (χ2v) is 8.99. The predicted octanol–water partition coefficient (Wildman–Crippen LogP) is 2.90. The van der Waals surface area contributed by atoms with E-state index in [0.29, 0.717) is 12.3 Å². The summed E-state index contributed by atoms with van der Waals surface area (Å²) in [5.41, 5.74) is 0.921. The summed E-state index contributed by atoms with van der Waals surface area (Å²) in [7, 11) is -2.04. The number of benzene rings is 2. The quantitative estimate of drug-likeness (QED) is 0.714. The molecular formula is C21H26N2O4S. The number of piperidine rings is 1. The number of carbonyl (C=O) groups is 1. The van der Waals surface area contributed by atoms with Crippen molar-refractivity contribution in [2.45, 2.75) is 30.7 Å². The van der Waals surface area contributed by atoms with Crippen molar-refractivity contribution in [1.29, 1.82) is 0 Å². The highest BCUT2D eigenvalue weighted by Crippen LogP contribution is 2.20. The second-order valence-electron chi connectivity index (χ2n) is 6.95. The fraction of sp³-hybridized carbons (Fsp3) is 0.381. The van der Waals surface area contributed by atoms with Gasteiger partial charge in [-0.05, 0) is 49.1 Å². The molecule has 150 valence electrons. The lowest BCUT2D eigenvalue weighted by atomic mass is 10.1. The van der Waals surface area contributed by atoms with E-state index in [1.54, 1.807) is 19.2 Å². The molecule has 6 nitrogen and oxygen atoms in total. The van der Waals surface area contributed by atoms with Crippen LogP contribution in [0.4, 0.5) is 0 Å². The van der Waals surface area contributed by atoms with Gasteiger partial charge >= 0.3 is 0 Å². The van der Waals surface area contributed by atoms with Gasteiger partial charge < -0.3 is 9.64 Å². The molecule has 1 aliphatic heterocycles. The Kier molecular flexibility index (Phi) is 6.70. The Balaban J connectivity index is 1.58. The van der Waals surface area contributed by atoms with Crippen LogP contribution >= 0.6 is 0 Å². The summed E-state index contributed by atoms with van der Waals surface area (Å²) in [6.07, 6.45) is 3.24. The number of hydrogen-bond acceptors (Lipinski definition) is 4. The highest BCUT2D eigenvalue weighted by atomic mass is 32.2. The monoisotopic (exact) mass is 402 g/mol. The van der Waals surface area contributed by atoms with Crippen molar-refractivity contribution in [3.05, 3.63) is 60.2 Å². The maximum Gasteiger partial charge on any atom is 0.260 e. The molecule has 7 heteroatoms. The number of sulfonamides is 1. The Morgan fingerprint density at radius 2 is 1.64 bits per heavy atom. The number of likely N-dealkylation sites (tertiary alicyclic amines) is 1. The number of carbonyl (C=O) groups excluding carboxylic acids is 1. The third-order valence-electron chi connectivity index (χ3n) is 4.85. The Labute approximate surface area is 166 Å². The molecule has 0 aromatic heterocycles. The summed E-state index contributed by atoms with van der Waals surface area (Å²) in [4.78, 5) is 14.2. The SMILES string of the molecule is CN(Cc1ccccc1)S(=O)(=O)c1ccc(OCC(=O)N2CCCCC2)cc1. The molecule has 1 fully saturated rings. The normalized spacial score (nSPS) is 14.9. The molecular weight excluding hydrogens is 376 g/mol. The number of rotatable bonds is 7. The van der Waals surface area contributed by atoms with E-state index in [1.165, 1.54) is 22.9 Å². The smallest absolute Gasteiger partial charge is 0.260 e. The van der Waals surface area contributed by atoms with Crippen LogP contribution in [0.1, 0.15) is 24.8 Å². The Morgan fingerprint density at radius 1 is 1.00 bits per heavy atom. The summed E-state index contributed by atoms with van der Waals surface area (Å²) < 4.78 is 32.4. The van der Waals surface area contributed by atoms with Crippen LogP contribution in [0.5, 0.6) is 5.75 Å². The van der Waals surface area contributed by atoms with Gasteiger partial charge in [0.05, 0.1) is 4.90 Å². The summed E-state index contributed by atoms with van der Waals surface area (Å²) in [6, 6.07) is 15.6. The van der Waals surface area contributed by atoms with E-state index in [0.717, 1.165) is 31.5 Å². The van der Waals surface area contributed by atoms with E-state index >= 15 is 0 Å². The lowest BCUT2D eigenvalue weighted by Gasteiger charge is -2.26. The number of hydrogen-bond donors (Lipinski definition) is 0. The lowest BCUT2D eigenvalue weighted by Crippen LogP contribution is -2.38. The predicted molar refractivity (Wildman–Crippen MR) is 107 cm³/mol. The first-order chi connectivity index (χ1) is 13.5. The van der Waals surface area contributed by atoms with Crippen molar-refractivity contribution in [3.8, 4) is 5.75 Å². The first kappa shape index (κ1) is 20.4. The van der Waals surface area contributed by atoms with Crippen molar-refractivity contribution < 1.29 is 17.9 Å². The van der Waals surface area contributed by atoms with Crippen LogP contribution in [-0.4, -0.2) is 50.3 Å². The Hall–Kier alpha value is -2.38. The molecule has 0 N–H and O–H groups in total. The Bertz CT molecular complexity index is 876. The molecule has 3 rings (SSSR count). The lowest BCUT2D eigenvalue weighted by molar-refractivity contribution is -0.134. The molecule has 0 atom stereocenters. The van der Waals surface area contributed by atoms with Gasteiger partial charge in [-0.1, -0.05) is 30.3 Å². The molecule has 0 bridgehead atoms. The number of amides is 1. The topological polar surface area (TPSA) is 66.9 Å². The molecule has 28 heavy (non-hydrogen) atoms. The van der Waals surface area contributed by atoms with Crippen molar-refractivity contribution in [2.24, 2.45) is 0 Å². The fourth-order valence-corrected chi connectivity index (χ4v) is 4.35. The molecule has 1 heterocycles. The molecule has 0 radical (unpaired) electrons. The molecule has 1 aliphatic rings. The van der Waals surface area contributed by atoms with Gasteiger partial charge in [0.15, 0.2) is 6.61 Å². The van der Waals surface area contributed by atoms with Crippen LogP contribution in [0.15, 0.2) is 59.5 Å². The number of ether oxygens (including phenoxy) is 1. The van der Waals surface area contributed by atoms with E-state index in [2.05, 4.69) is 0 Å². The Morgan fingerprint density at radius 3 is 2.29 bits per heavy atom. The van der Waals surface area contributed by atoms with Gasteiger partial charge in [-0.25, -0.2) is 8.42 Å². The fourth-order valence-electron chi connectivity index (χ4n) is 3.19. The van der Waals surface area contributed by atoms with E-state index in [9.17, 15) is 13.2 Å². The molecule has 2 aromatic rings. The standard InChI is InChI=1S/C21H26N2O4S/c1-22(16-18-8-4-2-5-9-18)28(25,26)20-12-10-19(11-13-20)27-17-21(24)23-14-6-3-7-15-23/h2,4-5,8-13H,3,6-7,14-17H2,1H3. The minimum atomic E-state index is -3.60. The zero-order valence-electron chi connectivity index (χ0n) is 16.1. The van der Waals surface area contributed by atoms with Crippen molar-refractivity contribution in [1.82, 2.24) is 9.21 Å². The van der Waals surface area contributed by atoms with Gasteiger partial charge in [0.2, 0.25) is 10.0 Å².